The van der Waals surface area contributed by atoms with Gasteiger partial charge in [-0.15, -0.1) is 11.3 Å². The summed E-state index contributed by atoms with van der Waals surface area (Å²) in [6, 6.07) is 4.44. The number of carbonyl (C=O) groups excluding carboxylic acids is 1. The molecule has 1 amide bonds. The Kier molecular flexibility index (Phi) is 5.62. The van der Waals surface area contributed by atoms with Crippen LogP contribution in [0.1, 0.15) is 16.1 Å². The molecule has 0 radical (unpaired) electrons. The third kappa shape index (κ3) is 4.53. The molecule has 1 saturated heterocycles. The smallest absolute Gasteiger partial charge is 0.257 e. The van der Waals surface area contributed by atoms with E-state index >= 15 is 0 Å². The van der Waals surface area contributed by atoms with Gasteiger partial charge in [-0.2, -0.15) is 0 Å². The summed E-state index contributed by atoms with van der Waals surface area (Å²) >= 11 is 1.37. The molecule has 2 aromatic rings. The Morgan fingerprint density at radius 2 is 2.16 bits per heavy atom. The highest BCUT2D eigenvalue weighted by Gasteiger charge is 2.15. The number of nitrogens with one attached hydrogen (secondary N) is 1. The molecule has 6 nitrogen and oxygen atoms in total. The molecule has 0 atom stereocenters. The Balaban J connectivity index is 1.62. The summed E-state index contributed by atoms with van der Waals surface area (Å²) in [6.07, 6.45) is 0. The van der Waals surface area contributed by atoms with Crippen molar-refractivity contribution in [3.63, 3.8) is 0 Å². The molecule has 1 fully saturated rings. The summed E-state index contributed by atoms with van der Waals surface area (Å²) < 4.78 is 19.3. The lowest BCUT2D eigenvalue weighted by Gasteiger charge is -2.25. The number of morpholine rings is 1. The number of benzene rings is 1. The van der Waals surface area contributed by atoms with Crippen LogP contribution in [0.25, 0.3) is 0 Å². The second-order valence-electron chi connectivity index (χ2n) is 6.05. The summed E-state index contributed by atoms with van der Waals surface area (Å²) in [6.45, 7) is 3.99. The van der Waals surface area contributed by atoms with Crippen molar-refractivity contribution in [3.05, 3.63) is 40.7 Å². The van der Waals surface area contributed by atoms with Crippen molar-refractivity contribution in [2.45, 2.75) is 6.54 Å². The first kappa shape index (κ1) is 17.8. The van der Waals surface area contributed by atoms with Crippen LogP contribution in [-0.4, -0.2) is 56.2 Å². The van der Waals surface area contributed by atoms with Gasteiger partial charge in [-0.05, 0) is 18.2 Å². The van der Waals surface area contributed by atoms with Gasteiger partial charge in [0.15, 0.2) is 5.13 Å². The van der Waals surface area contributed by atoms with Gasteiger partial charge in [0.1, 0.15) is 5.82 Å². The van der Waals surface area contributed by atoms with Crippen molar-refractivity contribution in [2.24, 2.45) is 0 Å². The number of thiazole rings is 1. The van der Waals surface area contributed by atoms with Crippen LogP contribution >= 0.6 is 11.3 Å². The number of halogens is 1. The van der Waals surface area contributed by atoms with Crippen LogP contribution in [0.4, 0.5) is 15.2 Å². The number of amides is 1. The van der Waals surface area contributed by atoms with Gasteiger partial charge >= 0.3 is 0 Å². The standard InChI is InChI=1S/C17H21FN4O2S/c1-21(2)15-4-3-12(9-14(15)18)16(23)20-17-19-13(11-25-17)10-22-5-7-24-8-6-22/h3-4,9,11H,5-8,10H2,1-2H3,(H,19,20,23). The minimum Gasteiger partial charge on any atom is -0.379 e. The second-order valence-corrected chi connectivity index (χ2v) is 6.91. The minimum atomic E-state index is -0.426. The average molecular weight is 364 g/mol. The first-order chi connectivity index (χ1) is 12.0. The molecule has 25 heavy (non-hydrogen) atoms. The van der Waals surface area contributed by atoms with Crippen molar-refractivity contribution in [3.8, 4) is 0 Å². The van der Waals surface area contributed by atoms with Crippen molar-refractivity contribution < 1.29 is 13.9 Å². The van der Waals surface area contributed by atoms with Gasteiger partial charge in [0, 0.05) is 44.7 Å². The Morgan fingerprint density at radius 3 is 2.84 bits per heavy atom. The number of rotatable bonds is 5. The molecule has 0 bridgehead atoms. The van der Waals surface area contributed by atoms with Crippen LogP contribution in [0.3, 0.4) is 0 Å². The third-order valence-corrected chi connectivity index (χ3v) is 4.76. The number of hydrogen-bond acceptors (Lipinski definition) is 6. The maximum absolute atomic E-state index is 14.0. The van der Waals surface area contributed by atoms with Gasteiger partial charge in [0.25, 0.3) is 5.91 Å². The molecule has 2 heterocycles. The molecule has 8 heteroatoms. The lowest BCUT2D eigenvalue weighted by atomic mass is 10.2. The number of aromatic nitrogens is 1. The van der Waals surface area contributed by atoms with Crippen LogP contribution in [0.2, 0.25) is 0 Å². The van der Waals surface area contributed by atoms with Gasteiger partial charge in [0.05, 0.1) is 24.6 Å². The molecule has 1 aromatic carbocycles. The summed E-state index contributed by atoms with van der Waals surface area (Å²) in [7, 11) is 3.51. The van der Waals surface area contributed by atoms with Gasteiger partial charge < -0.3 is 9.64 Å². The van der Waals surface area contributed by atoms with Gasteiger partial charge in [0.2, 0.25) is 0 Å². The molecular weight excluding hydrogens is 343 g/mol. The molecule has 134 valence electrons. The molecule has 1 N–H and O–H groups in total. The highest BCUT2D eigenvalue weighted by Crippen LogP contribution is 2.21. The quantitative estimate of drug-likeness (QED) is 0.883. The summed E-state index contributed by atoms with van der Waals surface area (Å²) in [4.78, 5) is 20.7. The molecule has 0 saturated carbocycles. The fourth-order valence-corrected chi connectivity index (χ4v) is 3.30. The zero-order valence-electron chi connectivity index (χ0n) is 14.3. The van der Waals surface area contributed by atoms with E-state index in [1.54, 1.807) is 31.1 Å². The van der Waals surface area contributed by atoms with Crippen LogP contribution in [0, 0.1) is 5.82 Å². The van der Waals surface area contributed by atoms with E-state index in [0.29, 0.717) is 10.8 Å². The fraction of sp³-hybridized carbons (Fsp3) is 0.412. The molecule has 1 aliphatic heterocycles. The fourth-order valence-electron chi connectivity index (χ4n) is 2.61. The first-order valence-corrected chi connectivity index (χ1v) is 8.93. The van der Waals surface area contributed by atoms with E-state index in [9.17, 15) is 9.18 Å². The lowest BCUT2D eigenvalue weighted by molar-refractivity contribution is 0.0337. The van der Waals surface area contributed by atoms with E-state index in [0.717, 1.165) is 38.5 Å². The summed E-state index contributed by atoms with van der Waals surface area (Å²) in [5.41, 5.74) is 1.63. The van der Waals surface area contributed by atoms with Crippen molar-refractivity contribution in [1.29, 1.82) is 0 Å². The highest BCUT2D eigenvalue weighted by atomic mass is 32.1. The molecular formula is C17H21FN4O2S. The predicted octanol–water partition coefficient (Wildman–Crippen LogP) is 2.43. The van der Waals surface area contributed by atoms with E-state index < -0.39 is 5.82 Å². The third-order valence-electron chi connectivity index (χ3n) is 3.95. The van der Waals surface area contributed by atoms with Crippen LogP contribution in [0.15, 0.2) is 23.6 Å². The molecule has 0 unspecified atom stereocenters. The molecule has 0 spiro atoms. The van der Waals surface area contributed by atoms with E-state index in [1.165, 1.54) is 17.4 Å². The normalized spacial score (nSPS) is 15.2. The Hall–Kier alpha value is -2.03. The van der Waals surface area contributed by atoms with Gasteiger partial charge in [-0.25, -0.2) is 9.37 Å². The van der Waals surface area contributed by atoms with Crippen LogP contribution in [-0.2, 0) is 11.3 Å². The monoisotopic (exact) mass is 364 g/mol. The number of carbonyl (C=O) groups is 1. The van der Waals surface area contributed by atoms with Crippen LogP contribution in [0.5, 0.6) is 0 Å². The minimum absolute atomic E-state index is 0.271. The number of hydrogen-bond donors (Lipinski definition) is 1. The van der Waals surface area contributed by atoms with Crippen molar-refractivity contribution in [2.75, 3.05) is 50.6 Å². The van der Waals surface area contributed by atoms with E-state index in [4.69, 9.17) is 4.74 Å². The second kappa shape index (κ2) is 7.90. The zero-order chi connectivity index (χ0) is 17.8. The van der Waals surface area contributed by atoms with Crippen molar-refractivity contribution >= 4 is 28.1 Å². The Labute approximate surface area is 150 Å². The lowest BCUT2D eigenvalue weighted by Crippen LogP contribution is -2.35. The number of ether oxygens (including phenoxy) is 1. The molecule has 0 aliphatic carbocycles. The number of nitrogens with zero attached hydrogens (tertiary/aromatic N) is 3. The molecule has 1 aliphatic rings. The maximum Gasteiger partial charge on any atom is 0.257 e. The molecule has 1 aromatic heterocycles. The van der Waals surface area contributed by atoms with E-state index in [-0.39, 0.29) is 11.5 Å². The van der Waals surface area contributed by atoms with Gasteiger partial charge in [-0.1, -0.05) is 0 Å². The molecule has 3 rings (SSSR count). The maximum atomic E-state index is 14.0. The number of anilines is 2. The predicted molar refractivity (Wildman–Crippen MR) is 96.9 cm³/mol. The first-order valence-electron chi connectivity index (χ1n) is 8.05. The SMILES string of the molecule is CN(C)c1ccc(C(=O)Nc2nc(CN3CCOCC3)cs2)cc1F. The van der Waals surface area contributed by atoms with Crippen molar-refractivity contribution in [1.82, 2.24) is 9.88 Å². The van der Waals surface area contributed by atoms with E-state index in [1.807, 2.05) is 5.38 Å². The highest BCUT2D eigenvalue weighted by molar-refractivity contribution is 7.13. The van der Waals surface area contributed by atoms with Gasteiger partial charge in [-0.3, -0.25) is 15.0 Å². The summed E-state index contributed by atoms with van der Waals surface area (Å²) in [5.74, 6) is -0.790. The average Bonchev–Trinajstić information content (AvgIpc) is 3.02. The topological polar surface area (TPSA) is 57.7 Å². The Morgan fingerprint density at radius 1 is 1.40 bits per heavy atom. The Bertz CT molecular complexity index is 744. The van der Waals surface area contributed by atoms with Crippen LogP contribution < -0.4 is 10.2 Å². The summed E-state index contributed by atoms with van der Waals surface area (Å²) in [5, 5.41) is 5.19. The zero-order valence-corrected chi connectivity index (χ0v) is 15.1. The van der Waals surface area contributed by atoms with E-state index in [2.05, 4.69) is 15.2 Å². The largest absolute Gasteiger partial charge is 0.379 e.